The Labute approximate surface area is 187 Å². The molecule has 2 aromatic heterocycles. The molecule has 0 aliphatic heterocycles. The van der Waals surface area contributed by atoms with Gasteiger partial charge in [-0.25, -0.2) is 4.98 Å². The van der Waals surface area contributed by atoms with Gasteiger partial charge >= 0.3 is 0 Å². The summed E-state index contributed by atoms with van der Waals surface area (Å²) in [5.41, 5.74) is 4.05. The van der Waals surface area contributed by atoms with Crippen LogP contribution < -0.4 is 10.1 Å². The number of hydrogen-bond acceptors (Lipinski definition) is 4. The molecular weight excluding hydrogens is 396 g/mol. The SMILES string of the molecule is C/C=C/c1cc2ccccc2n1-c1nc(NCc2ccccc2)c2cccc(OC)c2n1. The molecule has 3 aromatic carbocycles. The van der Waals surface area contributed by atoms with E-state index in [1.54, 1.807) is 7.11 Å². The molecular formula is C27H24N4O. The van der Waals surface area contributed by atoms with Crippen molar-refractivity contribution in [3.8, 4) is 11.7 Å². The van der Waals surface area contributed by atoms with E-state index in [0.717, 1.165) is 39.1 Å². The summed E-state index contributed by atoms with van der Waals surface area (Å²) >= 11 is 0. The molecule has 5 rings (SSSR count). The molecule has 1 N–H and O–H groups in total. The van der Waals surface area contributed by atoms with E-state index < -0.39 is 0 Å². The Morgan fingerprint density at radius 1 is 0.938 bits per heavy atom. The average molecular weight is 421 g/mol. The number of hydrogen-bond donors (Lipinski definition) is 1. The highest BCUT2D eigenvalue weighted by molar-refractivity contribution is 5.94. The molecule has 158 valence electrons. The normalized spacial score (nSPS) is 11.4. The zero-order valence-corrected chi connectivity index (χ0v) is 18.1. The van der Waals surface area contributed by atoms with E-state index in [1.165, 1.54) is 5.56 Å². The van der Waals surface area contributed by atoms with Crippen LogP contribution in [0.15, 0.2) is 84.9 Å². The minimum absolute atomic E-state index is 0.604. The monoisotopic (exact) mass is 420 g/mol. The fraction of sp³-hybridized carbons (Fsp3) is 0.111. The first-order valence-electron chi connectivity index (χ1n) is 10.6. The first-order chi connectivity index (χ1) is 15.8. The topological polar surface area (TPSA) is 52.0 Å². The summed E-state index contributed by atoms with van der Waals surface area (Å²) in [7, 11) is 1.67. The van der Waals surface area contributed by atoms with Crippen LogP contribution in [0.3, 0.4) is 0 Å². The van der Waals surface area contributed by atoms with Gasteiger partial charge in [0.15, 0.2) is 0 Å². The van der Waals surface area contributed by atoms with Crippen LogP contribution in [-0.2, 0) is 6.54 Å². The van der Waals surface area contributed by atoms with E-state index in [-0.39, 0.29) is 0 Å². The summed E-state index contributed by atoms with van der Waals surface area (Å²) in [6.07, 6.45) is 4.10. The maximum absolute atomic E-state index is 5.64. The molecule has 32 heavy (non-hydrogen) atoms. The summed E-state index contributed by atoms with van der Waals surface area (Å²) in [5, 5.41) is 5.59. The molecule has 0 aliphatic rings. The Hall–Kier alpha value is -4.12. The lowest BCUT2D eigenvalue weighted by atomic mass is 10.2. The lowest BCUT2D eigenvalue weighted by Crippen LogP contribution is -2.09. The van der Waals surface area contributed by atoms with Crippen molar-refractivity contribution in [2.75, 3.05) is 12.4 Å². The Morgan fingerprint density at radius 3 is 2.56 bits per heavy atom. The number of allylic oxidation sites excluding steroid dienone is 1. The second-order valence-electron chi connectivity index (χ2n) is 7.53. The maximum Gasteiger partial charge on any atom is 0.237 e. The first-order valence-corrected chi connectivity index (χ1v) is 10.6. The molecule has 0 radical (unpaired) electrons. The van der Waals surface area contributed by atoms with Crippen molar-refractivity contribution in [2.45, 2.75) is 13.5 Å². The number of ether oxygens (including phenoxy) is 1. The van der Waals surface area contributed by atoms with Crippen molar-refractivity contribution >= 4 is 33.7 Å². The number of nitrogens with zero attached hydrogens (tertiary/aromatic N) is 3. The van der Waals surface area contributed by atoms with Crippen molar-refractivity contribution in [1.82, 2.24) is 14.5 Å². The third kappa shape index (κ3) is 3.58. The molecule has 0 saturated heterocycles. The van der Waals surface area contributed by atoms with Gasteiger partial charge in [0.05, 0.1) is 12.6 Å². The second kappa shape index (κ2) is 8.55. The standard InChI is InChI=1S/C27H24N4O/c1-3-10-21-17-20-13-7-8-15-23(20)31(21)27-29-25-22(14-9-16-24(25)32-2)26(30-27)28-18-19-11-5-4-6-12-19/h3-17H,18H2,1-2H3,(H,28,29,30)/b10-3+. The van der Waals surface area contributed by atoms with Crippen molar-refractivity contribution in [3.05, 3.63) is 96.2 Å². The minimum Gasteiger partial charge on any atom is -0.494 e. The summed E-state index contributed by atoms with van der Waals surface area (Å²) in [5.74, 6) is 2.10. The predicted octanol–water partition coefficient (Wildman–Crippen LogP) is 6.23. The van der Waals surface area contributed by atoms with Crippen molar-refractivity contribution in [3.63, 3.8) is 0 Å². The lowest BCUT2D eigenvalue weighted by Gasteiger charge is -2.14. The molecule has 2 heterocycles. The van der Waals surface area contributed by atoms with E-state index in [1.807, 2.05) is 61.5 Å². The Kier molecular flexibility index (Phi) is 5.30. The zero-order valence-electron chi connectivity index (χ0n) is 18.1. The van der Waals surface area contributed by atoms with Gasteiger partial charge in [-0.05, 0) is 42.8 Å². The van der Waals surface area contributed by atoms with Crippen LogP contribution in [0, 0.1) is 0 Å². The third-order valence-corrected chi connectivity index (χ3v) is 5.48. The van der Waals surface area contributed by atoms with Crippen LogP contribution in [0.5, 0.6) is 5.75 Å². The third-order valence-electron chi connectivity index (χ3n) is 5.48. The molecule has 5 heteroatoms. The van der Waals surface area contributed by atoms with Gasteiger partial charge in [0.25, 0.3) is 0 Å². The van der Waals surface area contributed by atoms with E-state index in [2.05, 4.69) is 46.3 Å². The fourth-order valence-corrected chi connectivity index (χ4v) is 3.99. The van der Waals surface area contributed by atoms with Gasteiger partial charge in [0.1, 0.15) is 17.1 Å². The molecule has 5 nitrogen and oxygen atoms in total. The summed E-state index contributed by atoms with van der Waals surface area (Å²) in [6, 6.07) is 26.7. The van der Waals surface area contributed by atoms with Gasteiger partial charge in [-0.2, -0.15) is 4.98 Å². The highest BCUT2D eigenvalue weighted by Gasteiger charge is 2.16. The summed E-state index contributed by atoms with van der Waals surface area (Å²) < 4.78 is 7.73. The Balaban J connectivity index is 1.72. The van der Waals surface area contributed by atoms with E-state index in [9.17, 15) is 0 Å². The largest absolute Gasteiger partial charge is 0.494 e. The van der Waals surface area contributed by atoms with Crippen LogP contribution >= 0.6 is 0 Å². The first kappa shape index (κ1) is 19.8. The maximum atomic E-state index is 5.64. The van der Waals surface area contributed by atoms with Crippen LogP contribution in [0.4, 0.5) is 5.82 Å². The van der Waals surface area contributed by atoms with Crippen molar-refractivity contribution in [2.24, 2.45) is 0 Å². The predicted molar refractivity (Wildman–Crippen MR) is 131 cm³/mol. The molecule has 0 unspecified atom stereocenters. The average Bonchev–Trinajstić information content (AvgIpc) is 3.21. The van der Waals surface area contributed by atoms with E-state index in [0.29, 0.717) is 12.5 Å². The number of anilines is 1. The van der Waals surface area contributed by atoms with E-state index >= 15 is 0 Å². The second-order valence-corrected chi connectivity index (χ2v) is 7.53. The smallest absolute Gasteiger partial charge is 0.237 e. The number of nitrogens with one attached hydrogen (secondary N) is 1. The number of aromatic nitrogens is 3. The molecule has 0 bridgehead atoms. The molecule has 0 atom stereocenters. The zero-order chi connectivity index (χ0) is 21.9. The van der Waals surface area contributed by atoms with Crippen LogP contribution in [0.1, 0.15) is 18.2 Å². The Bertz CT molecular complexity index is 1420. The van der Waals surface area contributed by atoms with E-state index in [4.69, 9.17) is 14.7 Å². The molecule has 0 spiro atoms. The fourth-order valence-electron chi connectivity index (χ4n) is 3.99. The number of benzene rings is 3. The molecule has 0 amide bonds. The molecule has 0 fully saturated rings. The molecule has 0 aliphatic carbocycles. The summed E-state index contributed by atoms with van der Waals surface area (Å²) in [4.78, 5) is 9.93. The van der Waals surface area contributed by atoms with Gasteiger partial charge < -0.3 is 10.1 Å². The highest BCUT2D eigenvalue weighted by atomic mass is 16.5. The quantitative estimate of drug-likeness (QED) is 0.354. The van der Waals surface area contributed by atoms with Gasteiger partial charge in [-0.3, -0.25) is 4.57 Å². The summed E-state index contributed by atoms with van der Waals surface area (Å²) in [6.45, 7) is 2.68. The van der Waals surface area contributed by atoms with Crippen LogP contribution in [-0.4, -0.2) is 21.6 Å². The van der Waals surface area contributed by atoms with Gasteiger partial charge in [-0.1, -0.05) is 60.7 Å². The minimum atomic E-state index is 0.604. The number of para-hydroxylation sites is 2. The van der Waals surface area contributed by atoms with Crippen molar-refractivity contribution in [1.29, 1.82) is 0 Å². The molecule has 0 saturated carbocycles. The number of fused-ring (bicyclic) bond motifs is 2. The van der Waals surface area contributed by atoms with Gasteiger partial charge in [0, 0.05) is 23.0 Å². The number of methoxy groups -OCH3 is 1. The van der Waals surface area contributed by atoms with Crippen molar-refractivity contribution < 1.29 is 4.74 Å². The van der Waals surface area contributed by atoms with Crippen LogP contribution in [0.25, 0.3) is 33.8 Å². The molecule has 5 aromatic rings. The van der Waals surface area contributed by atoms with Gasteiger partial charge in [0.2, 0.25) is 5.95 Å². The lowest BCUT2D eigenvalue weighted by molar-refractivity contribution is 0.419. The van der Waals surface area contributed by atoms with Crippen LogP contribution in [0.2, 0.25) is 0 Å². The highest BCUT2D eigenvalue weighted by Crippen LogP contribution is 2.31. The number of rotatable bonds is 6. The van der Waals surface area contributed by atoms with Gasteiger partial charge in [-0.15, -0.1) is 0 Å². The Morgan fingerprint density at radius 2 is 1.75 bits per heavy atom.